The highest BCUT2D eigenvalue weighted by atomic mass is 16.3. The van der Waals surface area contributed by atoms with Crippen molar-refractivity contribution in [3.05, 3.63) is 29.8 Å². The molecule has 12 heavy (non-hydrogen) atoms. The Hall–Kier alpha value is -1.46. The minimum atomic E-state index is 0.287. The Morgan fingerprint density at radius 1 is 1.50 bits per heavy atom. The molecule has 1 rings (SSSR count). The summed E-state index contributed by atoms with van der Waals surface area (Å²) < 4.78 is 0. The van der Waals surface area contributed by atoms with Gasteiger partial charge >= 0.3 is 0 Å². The Kier molecular flexibility index (Phi) is 3.18. The van der Waals surface area contributed by atoms with E-state index in [1.165, 1.54) is 0 Å². The fourth-order valence-electron chi connectivity index (χ4n) is 0.945. The molecule has 2 nitrogen and oxygen atoms in total. The lowest BCUT2D eigenvalue weighted by atomic mass is 10.2. The SMILES string of the molecule is C#CCNCc1cccc(O)c1. The molecule has 0 saturated heterocycles. The summed E-state index contributed by atoms with van der Waals surface area (Å²) >= 11 is 0. The van der Waals surface area contributed by atoms with Crippen LogP contribution in [0, 0.1) is 12.3 Å². The number of phenols is 1. The molecule has 0 aliphatic heterocycles. The number of phenolic OH excluding ortho intramolecular Hbond substituents is 1. The van der Waals surface area contributed by atoms with Crippen LogP contribution in [0.1, 0.15) is 5.56 Å². The number of hydrogen-bond donors (Lipinski definition) is 2. The topological polar surface area (TPSA) is 32.3 Å². The van der Waals surface area contributed by atoms with E-state index in [4.69, 9.17) is 11.5 Å². The van der Waals surface area contributed by atoms with Crippen LogP contribution < -0.4 is 5.32 Å². The van der Waals surface area contributed by atoms with Gasteiger partial charge in [-0.05, 0) is 17.7 Å². The Morgan fingerprint density at radius 3 is 3.00 bits per heavy atom. The monoisotopic (exact) mass is 161 g/mol. The van der Waals surface area contributed by atoms with Gasteiger partial charge in [0.25, 0.3) is 0 Å². The predicted molar refractivity (Wildman–Crippen MR) is 48.6 cm³/mol. The molecule has 2 N–H and O–H groups in total. The Labute approximate surface area is 72.2 Å². The fraction of sp³-hybridized carbons (Fsp3) is 0.200. The van der Waals surface area contributed by atoms with Crippen LogP contribution in [0.25, 0.3) is 0 Å². The first-order valence-electron chi connectivity index (χ1n) is 3.75. The van der Waals surface area contributed by atoms with Gasteiger partial charge in [0.15, 0.2) is 0 Å². The maximum absolute atomic E-state index is 9.10. The van der Waals surface area contributed by atoms with E-state index in [-0.39, 0.29) is 5.75 Å². The van der Waals surface area contributed by atoms with Crippen LogP contribution in [0.5, 0.6) is 5.75 Å². The summed E-state index contributed by atoms with van der Waals surface area (Å²) in [5.41, 5.74) is 1.03. The van der Waals surface area contributed by atoms with Crippen molar-refractivity contribution in [1.29, 1.82) is 0 Å². The number of hydrogen-bond acceptors (Lipinski definition) is 2. The van der Waals surface area contributed by atoms with Crippen molar-refractivity contribution in [3.63, 3.8) is 0 Å². The van der Waals surface area contributed by atoms with E-state index in [0.29, 0.717) is 13.1 Å². The maximum Gasteiger partial charge on any atom is 0.115 e. The largest absolute Gasteiger partial charge is 0.508 e. The second kappa shape index (κ2) is 4.42. The molecule has 0 spiro atoms. The van der Waals surface area contributed by atoms with E-state index in [1.807, 2.05) is 12.1 Å². The minimum Gasteiger partial charge on any atom is -0.508 e. The first-order chi connectivity index (χ1) is 5.83. The van der Waals surface area contributed by atoms with Gasteiger partial charge in [-0.2, -0.15) is 0 Å². The van der Waals surface area contributed by atoms with Gasteiger partial charge in [-0.3, -0.25) is 0 Å². The summed E-state index contributed by atoms with van der Waals surface area (Å²) in [6.07, 6.45) is 5.06. The summed E-state index contributed by atoms with van der Waals surface area (Å²) in [4.78, 5) is 0. The number of terminal acetylenes is 1. The molecule has 0 atom stereocenters. The molecular formula is C10H11NO. The second-order valence-electron chi connectivity index (χ2n) is 2.48. The number of nitrogens with one attached hydrogen (secondary N) is 1. The van der Waals surface area contributed by atoms with E-state index in [1.54, 1.807) is 12.1 Å². The van der Waals surface area contributed by atoms with Crippen LogP contribution in [0.15, 0.2) is 24.3 Å². The van der Waals surface area contributed by atoms with E-state index < -0.39 is 0 Å². The minimum absolute atomic E-state index is 0.287. The third-order valence-corrected chi connectivity index (χ3v) is 1.47. The standard InChI is InChI=1S/C10H11NO/c1-2-6-11-8-9-4-3-5-10(12)7-9/h1,3-5,7,11-12H,6,8H2. The first kappa shape index (κ1) is 8.63. The van der Waals surface area contributed by atoms with Crippen LogP contribution in [-0.4, -0.2) is 11.7 Å². The molecule has 0 aromatic heterocycles. The summed E-state index contributed by atoms with van der Waals surface area (Å²) in [5, 5.41) is 12.1. The highest BCUT2D eigenvalue weighted by Crippen LogP contribution is 2.09. The van der Waals surface area contributed by atoms with E-state index in [2.05, 4.69) is 11.2 Å². The van der Waals surface area contributed by atoms with Crippen LogP contribution in [0.2, 0.25) is 0 Å². The van der Waals surface area contributed by atoms with Gasteiger partial charge in [0, 0.05) is 6.54 Å². The lowest BCUT2D eigenvalue weighted by molar-refractivity contribution is 0.474. The summed E-state index contributed by atoms with van der Waals surface area (Å²) in [6.45, 7) is 1.24. The molecule has 0 radical (unpaired) electrons. The molecule has 0 heterocycles. The quantitative estimate of drug-likeness (QED) is 0.514. The lowest BCUT2D eigenvalue weighted by Crippen LogP contribution is -2.12. The molecule has 0 amide bonds. The molecule has 1 aromatic rings. The molecule has 0 bridgehead atoms. The van der Waals surface area contributed by atoms with Crippen LogP contribution in [0.4, 0.5) is 0 Å². The summed E-state index contributed by atoms with van der Waals surface area (Å²) in [6, 6.07) is 7.10. The van der Waals surface area contributed by atoms with Crippen molar-refractivity contribution < 1.29 is 5.11 Å². The summed E-state index contributed by atoms with van der Waals surface area (Å²) in [5.74, 6) is 2.77. The van der Waals surface area contributed by atoms with Crippen molar-refractivity contribution >= 4 is 0 Å². The Bertz CT molecular complexity index is 288. The molecule has 1 aromatic carbocycles. The van der Waals surface area contributed by atoms with E-state index >= 15 is 0 Å². The van der Waals surface area contributed by atoms with Gasteiger partial charge in [-0.1, -0.05) is 18.1 Å². The van der Waals surface area contributed by atoms with E-state index in [0.717, 1.165) is 5.56 Å². The predicted octanol–water partition coefficient (Wildman–Crippen LogP) is 1.11. The molecule has 0 aliphatic rings. The molecule has 0 aliphatic carbocycles. The third kappa shape index (κ3) is 2.65. The van der Waals surface area contributed by atoms with Crippen LogP contribution in [0.3, 0.4) is 0 Å². The van der Waals surface area contributed by atoms with Gasteiger partial charge in [-0.25, -0.2) is 0 Å². The Balaban J connectivity index is 2.48. The smallest absolute Gasteiger partial charge is 0.115 e. The number of benzene rings is 1. The van der Waals surface area contributed by atoms with Gasteiger partial charge in [-0.15, -0.1) is 6.42 Å². The maximum atomic E-state index is 9.10. The van der Waals surface area contributed by atoms with Gasteiger partial charge < -0.3 is 10.4 Å². The van der Waals surface area contributed by atoms with Crippen LogP contribution in [-0.2, 0) is 6.54 Å². The molecule has 0 unspecified atom stereocenters. The van der Waals surface area contributed by atoms with Crippen molar-refractivity contribution in [2.24, 2.45) is 0 Å². The third-order valence-electron chi connectivity index (χ3n) is 1.47. The van der Waals surface area contributed by atoms with Crippen LogP contribution >= 0.6 is 0 Å². The fourth-order valence-corrected chi connectivity index (χ4v) is 0.945. The van der Waals surface area contributed by atoms with E-state index in [9.17, 15) is 0 Å². The average Bonchev–Trinajstić information content (AvgIpc) is 2.05. The molecule has 62 valence electrons. The van der Waals surface area contributed by atoms with Gasteiger partial charge in [0.1, 0.15) is 5.75 Å². The van der Waals surface area contributed by atoms with Gasteiger partial charge in [0.05, 0.1) is 6.54 Å². The van der Waals surface area contributed by atoms with Crippen molar-refractivity contribution in [1.82, 2.24) is 5.32 Å². The highest BCUT2D eigenvalue weighted by Gasteiger charge is 1.91. The zero-order chi connectivity index (χ0) is 8.81. The zero-order valence-corrected chi connectivity index (χ0v) is 6.75. The number of aromatic hydroxyl groups is 1. The number of rotatable bonds is 3. The summed E-state index contributed by atoms with van der Waals surface area (Å²) in [7, 11) is 0. The zero-order valence-electron chi connectivity index (χ0n) is 6.75. The molecule has 0 saturated carbocycles. The normalized spacial score (nSPS) is 9.25. The molecule has 2 heteroatoms. The molecular weight excluding hydrogens is 150 g/mol. The lowest BCUT2D eigenvalue weighted by Gasteiger charge is -2.00. The average molecular weight is 161 g/mol. The Morgan fingerprint density at radius 2 is 2.33 bits per heavy atom. The van der Waals surface area contributed by atoms with Crippen molar-refractivity contribution in [2.45, 2.75) is 6.54 Å². The van der Waals surface area contributed by atoms with Gasteiger partial charge in [0.2, 0.25) is 0 Å². The second-order valence-corrected chi connectivity index (χ2v) is 2.48. The molecule has 0 fully saturated rings. The first-order valence-corrected chi connectivity index (χ1v) is 3.75. The highest BCUT2D eigenvalue weighted by molar-refractivity contribution is 5.26. The van der Waals surface area contributed by atoms with Crippen molar-refractivity contribution in [3.8, 4) is 18.1 Å². The van der Waals surface area contributed by atoms with Crippen molar-refractivity contribution in [2.75, 3.05) is 6.54 Å².